The lowest BCUT2D eigenvalue weighted by molar-refractivity contribution is -0.362. The van der Waals surface area contributed by atoms with Gasteiger partial charge in [0.2, 0.25) is 17.6 Å². The van der Waals surface area contributed by atoms with E-state index >= 15 is 0 Å². The minimum absolute atomic E-state index is 0.201. The van der Waals surface area contributed by atoms with E-state index in [1.807, 2.05) is 36.4 Å². The molecule has 2 N–H and O–H groups in total. The first kappa shape index (κ1) is 18.8. The Morgan fingerprint density at radius 1 is 0.875 bits per heavy atom. The zero-order valence-electron chi connectivity index (χ0n) is 16.7. The van der Waals surface area contributed by atoms with Crippen molar-refractivity contribution in [2.24, 2.45) is 0 Å². The van der Waals surface area contributed by atoms with E-state index < -0.39 is 6.10 Å². The van der Waals surface area contributed by atoms with Gasteiger partial charge in [0.05, 0.1) is 11.3 Å². The number of hydrogen-bond acceptors (Lipinski definition) is 4. The molecule has 0 aromatic heterocycles. The molecule has 0 amide bonds. The summed E-state index contributed by atoms with van der Waals surface area (Å²) in [7, 11) is 0. The fraction of sp³-hybridized carbons (Fsp3) is 0.0385. The maximum absolute atomic E-state index is 13.6. The molecule has 1 unspecified atom stereocenters. The molecule has 0 radical (unpaired) electrons. The summed E-state index contributed by atoms with van der Waals surface area (Å²) in [4.78, 5) is 30.5. The van der Waals surface area contributed by atoms with Gasteiger partial charge in [0, 0.05) is 34.0 Å². The van der Waals surface area contributed by atoms with Crippen LogP contribution in [-0.2, 0) is 0 Å². The van der Waals surface area contributed by atoms with Gasteiger partial charge in [0.25, 0.3) is 5.69 Å². The van der Waals surface area contributed by atoms with E-state index in [9.17, 15) is 9.59 Å². The molecule has 6 rings (SSSR count). The number of carbonyl (C=O) groups is 2. The van der Waals surface area contributed by atoms with E-state index in [-0.39, 0.29) is 11.6 Å². The van der Waals surface area contributed by atoms with Crippen molar-refractivity contribution in [3.8, 4) is 5.75 Å². The summed E-state index contributed by atoms with van der Waals surface area (Å²) in [6.07, 6.45) is 4.97. The van der Waals surface area contributed by atoms with Crippen LogP contribution in [0.25, 0.3) is 0 Å². The molecule has 0 saturated carbocycles. The molecule has 3 aromatic rings. The van der Waals surface area contributed by atoms with Gasteiger partial charge in [-0.1, -0.05) is 54.1 Å². The van der Waals surface area contributed by atoms with E-state index in [1.165, 1.54) is 0 Å². The molecule has 3 aromatic carbocycles. The van der Waals surface area contributed by atoms with Crippen molar-refractivity contribution in [1.82, 2.24) is 0 Å². The Morgan fingerprint density at radius 3 is 2.31 bits per heavy atom. The van der Waals surface area contributed by atoms with Gasteiger partial charge >= 0.3 is 0 Å². The molecule has 0 saturated heterocycles. The van der Waals surface area contributed by atoms with Gasteiger partial charge < -0.3 is 10.1 Å². The summed E-state index contributed by atoms with van der Waals surface area (Å²) >= 11 is 6.16. The van der Waals surface area contributed by atoms with Crippen molar-refractivity contribution < 1.29 is 19.3 Å². The number of carbonyl (C=O) groups excluding carboxylic acids is 2. The highest BCUT2D eigenvalue weighted by Gasteiger charge is 2.41. The molecular formula is C26H16ClN2O3+. The quantitative estimate of drug-likeness (QED) is 0.498. The lowest BCUT2D eigenvalue weighted by Gasteiger charge is -2.26. The first-order valence-corrected chi connectivity index (χ1v) is 10.6. The Kier molecular flexibility index (Phi) is 4.13. The van der Waals surface area contributed by atoms with Crippen LogP contribution < -0.4 is 15.0 Å². The van der Waals surface area contributed by atoms with Crippen molar-refractivity contribution in [3.63, 3.8) is 0 Å². The molecule has 0 bridgehead atoms. The van der Waals surface area contributed by atoms with Crippen molar-refractivity contribution >= 4 is 45.9 Å². The van der Waals surface area contributed by atoms with Gasteiger partial charge in [-0.2, -0.15) is 0 Å². The molecule has 3 aliphatic rings. The molecule has 1 heterocycles. The minimum Gasteiger partial charge on any atom is -0.468 e. The summed E-state index contributed by atoms with van der Waals surface area (Å²) in [6, 6.07) is 18.2. The summed E-state index contributed by atoms with van der Waals surface area (Å²) in [5.74, 6) is 0.0617. The minimum atomic E-state index is -0.399. The Balaban J connectivity index is 1.61. The molecule has 2 aliphatic carbocycles. The fourth-order valence-electron chi connectivity index (χ4n) is 4.31. The number of ether oxygens (including phenoxy) is 1. The van der Waals surface area contributed by atoms with Crippen LogP contribution in [0.1, 0.15) is 31.8 Å². The number of anilines is 2. The normalized spacial score (nSPS) is 17.8. The summed E-state index contributed by atoms with van der Waals surface area (Å²) in [5.41, 5.74) is 4.00. The van der Waals surface area contributed by atoms with Gasteiger partial charge in [-0.3, -0.25) is 9.59 Å². The van der Waals surface area contributed by atoms with Crippen molar-refractivity contribution in [2.45, 2.75) is 6.10 Å². The number of rotatable bonds is 2. The standard InChI is InChI=1S/C26H15ClN2O3/c27-14-10-11-18-20(12-14)32-21-13-19(28-15-6-2-1-3-7-15)22-23(24(21)29-18)26(31)17-9-5-4-8-16(17)25(22)30/h1-13,20,28H/p+1. The summed E-state index contributed by atoms with van der Waals surface area (Å²) in [5, 5.41) is 3.88. The number of ketones is 2. The Hall–Kier alpha value is -3.96. The highest BCUT2D eigenvalue weighted by Crippen LogP contribution is 2.42. The predicted octanol–water partition coefficient (Wildman–Crippen LogP) is 3.81. The van der Waals surface area contributed by atoms with E-state index in [1.54, 1.807) is 42.5 Å². The smallest absolute Gasteiger partial charge is 0.258 e. The third-order valence-corrected chi connectivity index (χ3v) is 6.03. The van der Waals surface area contributed by atoms with Crippen LogP contribution in [0.5, 0.6) is 5.75 Å². The molecular weight excluding hydrogens is 424 g/mol. The van der Waals surface area contributed by atoms with Crippen molar-refractivity contribution in [1.29, 1.82) is 0 Å². The third-order valence-electron chi connectivity index (χ3n) is 5.78. The maximum Gasteiger partial charge on any atom is 0.258 e. The Labute approximate surface area is 188 Å². The first-order chi connectivity index (χ1) is 15.6. The largest absolute Gasteiger partial charge is 0.468 e. The maximum atomic E-state index is 13.6. The molecule has 0 fully saturated rings. The average Bonchev–Trinajstić information content (AvgIpc) is 2.81. The number of benzene rings is 3. The predicted molar refractivity (Wildman–Crippen MR) is 123 cm³/mol. The van der Waals surface area contributed by atoms with E-state index in [0.717, 1.165) is 11.4 Å². The molecule has 32 heavy (non-hydrogen) atoms. The highest BCUT2D eigenvalue weighted by atomic mass is 35.5. The Morgan fingerprint density at radius 2 is 1.56 bits per heavy atom. The van der Waals surface area contributed by atoms with Crippen molar-refractivity contribution in [3.05, 3.63) is 106 Å². The second-order valence-corrected chi connectivity index (χ2v) is 8.18. The highest BCUT2D eigenvalue weighted by molar-refractivity contribution is 6.33. The van der Waals surface area contributed by atoms with E-state index in [4.69, 9.17) is 16.3 Å². The monoisotopic (exact) mass is 439 g/mol. The van der Waals surface area contributed by atoms with Gasteiger partial charge in [-0.05, 0) is 24.3 Å². The molecule has 154 valence electrons. The van der Waals surface area contributed by atoms with Gasteiger partial charge in [-0.15, -0.1) is 0 Å². The molecule has 1 aliphatic heterocycles. The second-order valence-electron chi connectivity index (χ2n) is 7.75. The van der Waals surface area contributed by atoms with Crippen LogP contribution in [0.4, 0.5) is 17.1 Å². The lowest BCUT2D eigenvalue weighted by atomic mass is 9.81. The van der Waals surface area contributed by atoms with E-state index in [0.29, 0.717) is 44.4 Å². The van der Waals surface area contributed by atoms with Gasteiger partial charge in [0.15, 0.2) is 11.5 Å². The average molecular weight is 440 g/mol. The Bertz CT molecular complexity index is 1420. The summed E-state index contributed by atoms with van der Waals surface area (Å²) < 4.78 is 6.21. The lowest BCUT2D eigenvalue weighted by Crippen LogP contribution is -2.72. The van der Waals surface area contributed by atoms with Crippen LogP contribution in [0.3, 0.4) is 0 Å². The molecule has 5 nitrogen and oxygen atoms in total. The van der Waals surface area contributed by atoms with Gasteiger partial charge in [-0.25, -0.2) is 4.99 Å². The molecule has 6 heteroatoms. The summed E-state index contributed by atoms with van der Waals surface area (Å²) in [6.45, 7) is 0. The first-order valence-electron chi connectivity index (χ1n) is 10.2. The number of fused-ring (bicyclic) bond motifs is 5. The second kappa shape index (κ2) is 7.04. The topological polar surface area (TPSA) is 69.4 Å². The van der Waals surface area contributed by atoms with Crippen LogP contribution in [0.15, 0.2) is 83.9 Å². The molecule has 0 spiro atoms. The number of halogens is 1. The van der Waals surface area contributed by atoms with Crippen LogP contribution in [0, 0.1) is 0 Å². The molecule has 1 atom stereocenters. The third kappa shape index (κ3) is 2.82. The number of para-hydroxylation sites is 1. The zero-order valence-corrected chi connectivity index (χ0v) is 17.4. The van der Waals surface area contributed by atoms with Crippen LogP contribution >= 0.6 is 11.6 Å². The number of allylic oxidation sites excluding steroid dienone is 2. The van der Waals surface area contributed by atoms with E-state index in [2.05, 4.69) is 10.3 Å². The van der Waals surface area contributed by atoms with Gasteiger partial charge in [0.1, 0.15) is 5.56 Å². The SMILES string of the molecule is O=C1c2ccccc2C(=O)c2c3c(cc(Nc4ccccc4)c21)OC1C=C(Cl)C=CC1=[NH+]3. The van der Waals surface area contributed by atoms with Crippen LogP contribution in [0.2, 0.25) is 0 Å². The number of hydrogen-bond donors (Lipinski definition) is 2. The number of nitrogens with one attached hydrogen (secondary N) is 2. The zero-order chi connectivity index (χ0) is 21.8. The van der Waals surface area contributed by atoms with Crippen LogP contribution in [-0.4, -0.2) is 23.4 Å². The fourth-order valence-corrected chi connectivity index (χ4v) is 4.49. The van der Waals surface area contributed by atoms with Crippen molar-refractivity contribution in [2.75, 3.05) is 5.32 Å².